The number of halogens is 1. The highest BCUT2D eigenvalue weighted by Gasteiger charge is 2.19. The summed E-state index contributed by atoms with van der Waals surface area (Å²) in [6, 6.07) is 6.31. The summed E-state index contributed by atoms with van der Waals surface area (Å²) in [5, 5.41) is 8.85. The van der Waals surface area contributed by atoms with Gasteiger partial charge in [-0.05, 0) is 23.8 Å². The molecule has 0 radical (unpaired) electrons. The van der Waals surface area contributed by atoms with Crippen LogP contribution in [-0.4, -0.2) is 21.4 Å². The molecule has 0 spiro atoms. The Morgan fingerprint density at radius 2 is 2.10 bits per heavy atom. The van der Waals surface area contributed by atoms with Gasteiger partial charge in [0.2, 0.25) is 0 Å². The molecule has 0 unspecified atom stereocenters. The van der Waals surface area contributed by atoms with E-state index in [1.807, 2.05) is 6.07 Å². The van der Waals surface area contributed by atoms with Gasteiger partial charge >= 0.3 is 5.69 Å². The van der Waals surface area contributed by atoms with E-state index in [2.05, 4.69) is 14.9 Å². The third-order valence-electron chi connectivity index (χ3n) is 3.45. The Bertz CT molecular complexity index is 740. The predicted molar refractivity (Wildman–Crippen MR) is 70.3 cm³/mol. The van der Waals surface area contributed by atoms with Crippen molar-refractivity contribution in [3.63, 3.8) is 0 Å². The maximum Gasteiger partial charge on any atom is 0.323 e. The molecule has 102 valence electrons. The summed E-state index contributed by atoms with van der Waals surface area (Å²) in [5.74, 6) is -0.396. The van der Waals surface area contributed by atoms with E-state index in [1.165, 1.54) is 12.1 Å². The molecule has 1 aliphatic rings. The molecular weight excluding hydrogens is 259 g/mol. The summed E-state index contributed by atoms with van der Waals surface area (Å²) >= 11 is 0. The van der Waals surface area contributed by atoms with Crippen molar-refractivity contribution < 1.29 is 4.39 Å². The van der Waals surface area contributed by atoms with Gasteiger partial charge in [0.1, 0.15) is 5.82 Å². The summed E-state index contributed by atoms with van der Waals surface area (Å²) in [4.78, 5) is 18.9. The molecule has 2 heterocycles. The fourth-order valence-corrected chi connectivity index (χ4v) is 2.58. The minimum absolute atomic E-state index is 0.186. The topological polar surface area (TPSA) is 75.7 Å². The number of nitriles is 1. The predicted octanol–water partition coefficient (Wildman–Crippen LogP) is 1.27. The first kappa shape index (κ1) is 12.6. The first-order valence-corrected chi connectivity index (χ1v) is 6.36. The van der Waals surface area contributed by atoms with E-state index < -0.39 is 5.82 Å². The number of benzene rings is 1. The second kappa shape index (κ2) is 4.94. The lowest BCUT2D eigenvalue weighted by Gasteiger charge is -2.26. The maximum absolute atomic E-state index is 13.4. The normalized spacial score (nSPS) is 14.8. The molecule has 3 rings (SSSR count). The van der Waals surface area contributed by atoms with Gasteiger partial charge in [0.25, 0.3) is 0 Å². The number of fused-ring (bicyclic) bond motifs is 1. The quantitative estimate of drug-likeness (QED) is 0.864. The molecule has 0 bridgehead atoms. The zero-order chi connectivity index (χ0) is 14.1. The van der Waals surface area contributed by atoms with Gasteiger partial charge in [-0.2, -0.15) is 5.26 Å². The van der Waals surface area contributed by atoms with Gasteiger partial charge in [0.05, 0.1) is 17.3 Å². The minimum Gasteiger partial charge on any atom is -0.310 e. The molecule has 5 nitrogen and oxygen atoms in total. The van der Waals surface area contributed by atoms with Crippen LogP contribution in [0.15, 0.2) is 23.0 Å². The van der Waals surface area contributed by atoms with E-state index in [-0.39, 0.29) is 5.69 Å². The number of rotatable bonds is 2. The van der Waals surface area contributed by atoms with Crippen LogP contribution < -0.4 is 5.69 Å². The van der Waals surface area contributed by atoms with Crippen LogP contribution in [0.1, 0.15) is 22.5 Å². The van der Waals surface area contributed by atoms with Crippen LogP contribution >= 0.6 is 0 Å². The summed E-state index contributed by atoms with van der Waals surface area (Å²) in [5.41, 5.74) is 2.74. The Morgan fingerprint density at radius 1 is 1.30 bits per heavy atom. The van der Waals surface area contributed by atoms with Gasteiger partial charge in [0, 0.05) is 31.7 Å². The van der Waals surface area contributed by atoms with Crippen molar-refractivity contribution in [1.29, 1.82) is 5.26 Å². The fraction of sp³-hybridized carbons (Fsp3) is 0.286. The number of H-pyrrole nitrogens is 2. The molecule has 1 aromatic carbocycles. The number of aromatic amines is 2. The molecule has 6 heteroatoms. The lowest BCUT2D eigenvalue weighted by molar-refractivity contribution is 0.241. The van der Waals surface area contributed by atoms with Gasteiger partial charge in [-0.25, -0.2) is 9.18 Å². The van der Waals surface area contributed by atoms with Crippen LogP contribution in [0, 0.1) is 17.1 Å². The van der Waals surface area contributed by atoms with Gasteiger partial charge < -0.3 is 9.97 Å². The molecule has 0 aliphatic carbocycles. The van der Waals surface area contributed by atoms with Crippen LogP contribution in [0.3, 0.4) is 0 Å². The molecule has 1 aliphatic heterocycles. The third kappa shape index (κ3) is 2.49. The average Bonchev–Trinajstić information content (AvgIpc) is 2.77. The van der Waals surface area contributed by atoms with E-state index in [0.29, 0.717) is 18.7 Å². The number of nitrogens with one attached hydrogen (secondary N) is 2. The summed E-state index contributed by atoms with van der Waals surface area (Å²) < 4.78 is 13.4. The molecule has 2 aromatic rings. The lowest BCUT2D eigenvalue weighted by atomic mass is 10.1. The largest absolute Gasteiger partial charge is 0.323 e. The Kier molecular flexibility index (Phi) is 3.12. The Balaban J connectivity index is 1.78. The molecule has 2 N–H and O–H groups in total. The minimum atomic E-state index is -0.396. The van der Waals surface area contributed by atoms with Crippen molar-refractivity contribution in [2.45, 2.75) is 19.5 Å². The van der Waals surface area contributed by atoms with Crippen molar-refractivity contribution in [3.05, 3.63) is 57.0 Å². The lowest BCUT2D eigenvalue weighted by Crippen LogP contribution is -2.30. The SMILES string of the molecule is N#Cc1cc(F)cc(CN2CCc3[nH]c(=O)[nH]c3C2)c1. The van der Waals surface area contributed by atoms with Gasteiger partial charge in [-0.1, -0.05) is 0 Å². The Labute approximate surface area is 114 Å². The summed E-state index contributed by atoms with van der Waals surface area (Å²) in [6.45, 7) is 1.96. The molecule has 0 fully saturated rings. The van der Waals surface area contributed by atoms with E-state index in [4.69, 9.17) is 5.26 Å². The number of nitrogens with zero attached hydrogens (tertiary/aromatic N) is 2. The highest BCUT2D eigenvalue weighted by molar-refractivity contribution is 5.33. The monoisotopic (exact) mass is 272 g/mol. The third-order valence-corrected chi connectivity index (χ3v) is 3.45. The number of aromatic nitrogens is 2. The Morgan fingerprint density at radius 3 is 2.90 bits per heavy atom. The van der Waals surface area contributed by atoms with Crippen LogP contribution in [0.2, 0.25) is 0 Å². The molecule has 20 heavy (non-hydrogen) atoms. The van der Waals surface area contributed by atoms with Crippen molar-refractivity contribution in [3.8, 4) is 6.07 Å². The van der Waals surface area contributed by atoms with E-state index >= 15 is 0 Å². The van der Waals surface area contributed by atoms with Crippen LogP contribution in [0.4, 0.5) is 4.39 Å². The van der Waals surface area contributed by atoms with Crippen LogP contribution in [0.25, 0.3) is 0 Å². The Hall–Kier alpha value is -2.39. The zero-order valence-corrected chi connectivity index (χ0v) is 10.7. The summed E-state index contributed by atoms with van der Waals surface area (Å²) in [6.07, 6.45) is 0.758. The molecule has 1 aromatic heterocycles. The first-order chi connectivity index (χ1) is 9.64. The van der Waals surface area contributed by atoms with E-state index in [9.17, 15) is 9.18 Å². The van der Waals surface area contributed by atoms with Crippen molar-refractivity contribution >= 4 is 0 Å². The van der Waals surface area contributed by atoms with Gasteiger partial charge in [-0.3, -0.25) is 4.90 Å². The van der Waals surface area contributed by atoms with Gasteiger partial charge in [0.15, 0.2) is 0 Å². The standard InChI is InChI=1S/C14H13FN4O/c15-11-4-9(6-16)3-10(5-11)7-19-2-1-12-13(8-19)18-14(20)17-12/h3-5H,1-2,7-8H2,(H2,17,18,20). The van der Waals surface area contributed by atoms with Crippen LogP contribution in [0.5, 0.6) is 0 Å². The highest BCUT2D eigenvalue weighted by Crippen LogP contribution is 2.17. The summed E-state index contributed by atoms with van der Waals surface area (Å²) in [7, 11) is 0. The fourth-order valence-electron chi connectivity index (χ4n) is 2.58. The van der Waals surface area contributed by atoms with Crippen molar-refractivity contribution in [2.24, 2.45) is 0 Å². The number of imidazole rings is 1. The average molecular weight is 272 g/mol. The molecule has 0 saturated heterocycles. The highest BCUT2D eigenvalue weighted by atomic mass is 19.1. The maximum atomic E-state index is 13.4. The van der Waals surface area contributed by atoms with Crippen molar-refractivity contribution in [2.75, 3.05) is 6.54 Å². The van der Waals surface area contributed by atoms with E-state index in [0.717, 1.165) is 29.9 Å². The molecule has 0 amide bonds. The second-order valence-electron chi connectivity index (χ2n) is 4.96. The number of hydrogen-bond acceptors (Lipinski definition) is 3. The second-order valence-corrected chi connectivity index (χ2v) is 4.96. The molecule has 0 atom stereocenters. The molecular formula is C14H13FN4O. The zero-order valence-electron chi connectivity index (χ0n) is 10.7. The van der Waals surface area contributed by atoms with Crippen molar-refractivity contribution in [1.82, 2.24) is 14.9 Å². The first-order valence-electron chi connectivity index (χ1n) is 6.36. The number of hydrogen-bond donors (Lipinski definition) is 2. The smallest absolute Gasteiger partial charge is 0.310 e. The van der Waals surface area contributed by atoms with E-state index in [1.54, 1.807) is 6.07 Å². The van der Waals surface area contributed by atoms with Gasteiger partial charge in [-0.15, -0.1) is 0 Å². The molecule has 0 saturated carbocycles. The van der Waals surface area contributed by atoms with Crippen LogP contribution in [-0.2, 0) is 19.5 Å².